The van der Waals surface area contributed by atoms with Crippen LogP contribution in [0.25, 0.3) is 0 Å². The number of nitrogens with two attached hydrogens (primary N) is 1. The number of hydrogen-bond donors (Lipinski definition) is 1. The van der Waals surface area contributed by atoms with Gasteiger partial charge in [-0.25, -0.2) is 9.37 Å². The molecule has 1 aromatic carbocycles. The highest BCUT2D eigenvalue weighted by Gasteiger charge is 2.14. The van der Waals surface area contributed by atoms with Gasteiger partial charge in [-0.2, -0.15) is 0 Å². The summed E-state index contributed by atoms with van der Waals surface area (Å²) in [4.78, 5) is 15.9. The second kappa shape index (κ2) is 5.52. The largest absolute Gasteiger partial charge is 0.378 e. The molecule has 0 aliphatic rings. The number of rotatable bonds is 4. The fourth-order valence-electron chi connectivity index (χ4n) is 1.77. The molecule has 0 fully saturated rings. The highest BCUT2D eigenvalue weighted by molar-refractivity contribution is 5.57. The van der Waals surface area contributed by atoms with Crippen LogP contribution in [0, 0.1) is 15.9 Å². The molecule has 0 bridgehead atoms. The van der Waals surface area contributed by atoms with E-state index in [1.165, 1.54) is 24.3 Å². The first-order chi connectivity index (χ1) is 9.47. The van der Waals surface area contributed by atoms with Gasteiger partial charge >= 0.3 is 5.69 Å². The molecule has 2 aromatic rings. The Balaban J connectivity index is 2.17. The Hall–Kier alpha value is -2.70. The summed E-state index contributed by atoms with van der Waals surface area (Å²) in [6.45, 7) is 0.491. The first-order valence-electron chi connectivity index (χ1n) is 5.84. The molecule has 0 amide bonds. The Morgan fingerprint density at radius 1 is 1.30 bits per heavy atom. The Bertz CT molecular complexity index is 631. The van der Waals surface area contributed by atoms with Crippen LogP contribution in [0.1, 0.15) is 5.56 Å². The predicted molar refractivity (Wildman–Crippen MR) is 73.8 cm³/mol. The summed E-state index contributed by atoms with van der Waals surface area (Å²) in [5.41, 5.74) is 6.22. The quantitative estimate of drug-likeness (QED) is 0.684. The smallest absolute Gasteiger partial charge is 0.311 e. The molecule has 7 heteroatoms. The van der Waals surface area contributed by atoms with Gasteiger partial charge in [0.25, 0.3) is 0 Å². The number of nitro groups is 1. The van der Waals surface area contributed by atoms with E-state index in [9.17, 15) is 14.5 Å². The Morgan fingerprint density at radius 2 is 1.95 bits per heavy atom. The van der Waals surface area contributed by atoms with Crippen LogP contribution >= 0.6 is 0 Å². The third-order valence-electron chi connectivity index (χ3n) is 2.81. The number of halogens is 1. The molecule has 0 saturated heterocycles. The molecule has 2 N–H and O–H groups in total. The minimum atomic E-state index is -0.577. The van der Waals surface area contributed by atoms with Gasteiger partial charge in [0.1, 0.15) is 11.6 Å². The molecule has 20 heavy (non-hydrogen) atoms. The zero-order chi connectivity index (χ0) is 14.7. The molecule has 1 aromatic heterocycles. The van der Waals surface area contributed by atoms with E-state index in [2.05, 4.69) is 4.98 Å². The summed E-state index contributed by atoms with van der Waals surface area (Å²) in [5, 5.41) is 10.7. The second-order valence-electron chi connectivity index (χ2n) is 4.31. The SMILES string of the molecule is CN(Cc1ccc(F)cc1)c1ccc([N+](=O)[O-])c(N)n1. The minimum absolute atomic E-state index is 0.126. The lowest BCUT2D eigenvalue weighted by molar-refractivity contribution is -0.384. The van der Waals surface area contributed by atoms with Crippen LogP contribution in [0.5, 0.6) is 0 Å². The molecule has 0 atom stereocenters. The zero-order valence-corrected chi connectivity index (χ0v) is 10.8. The van der Waals surface area contributed by atoms with Crippen LogP contribution < -0.4 is 10.6 Å². The molecular weight excluding hydrogens is 263 g/mol. The van der Waals surface area contributed by atoms with E-state index >= 15 is 0 Å². The average molecular weight is 276 g/mol. The molecule has 0 aliphatic carbocycles. The summed E-state index contributed by atoms with van der Waals surface area (Å²) in [6.07, 6.45) is 0. The van der Waals surface area contributed by atoms with Gasteiger partial charge in [-0.1, -0.05) is 12.1 Å². The summed E-state index contributed by atoms with van der Waals surface area (Å²) in [6, 6.07) is 8.93. The summed E-state index contributed by atoms with van der Waals surface area (Å²) >= 11 is 0. The van der Waals surface area contributed by atoms with Crippen molar-refractivity contribution < 1.29 is 9.31 Å². The van der Waals surface area contributed by atoms with E-state index in [0.717, 1.165) is 5.56 Å². The van der Waals surface area contributed by atoms with E-state index in [4.69, 9.17) is 5.73 Å². The highest BCUT2D eigenvalue weighted by atomic mass is 19.1. The Kier molecular flexibility index (Phi) is 3.79. The molecule has 0 aliphatic heterocycles. The van der Waals surface area contributed by atoms with E-state index in [0.29, 0.717) is 12.4 Å². The number of pyridine rings is 1. The van der Waals surface area contributed by atoms with Crippen LogP contribution in [0.15, 0.2) is 36.4 Å². The van der Waals surface area contributed by atoms with Crippen molar-refractivity contribution in [3.63, 3.8) is 0 Å². The first kappa shape index (κ1) is 13.7. The van der Waals surface area contributed by atoms with Gasteiger partial charge in [-0.05, 0) is 23.8 Å². The number of nitrogens with zero attached hydrogens (tertiary/aromatic N) is 3. The van der Waals surface area contributed by atoms with Crippen molar-refractivity contribution >= 4 is 17.3 Å². The van der Waals surface area contributed by atoms with Crippen molar-refractivity contribution in [3.05, 3.63) is 57.9 Å². The van der Waals surface area contributed by atoms with Gasteiger partial charge in [-0.3, -0.25) is 10.1 Å². The monoisotopic (exact) mass is 276 g/mol. The molecule has 1 heterocycles. The maximum atomic E-state index is 12.8. The van der Waals surface area contributed by atoms with Gasteiger partial charge in [0.2, 0.25) is 5.82 Å². The van der Waals surface area contributed by atoms with E-state index < -0.39 is 4.92 Å². The maximum Gasteiger partial charge on any atom is 0.311 e. The van der Waals surface area contributed by atoms with E-state index in [1.807, 2.05) is 0 Å². The van der Waals surface area contributed by atoms with Gasteiger partial charge in [0, 0.05) is 19.7 Å². The second-order valence-corrected chi connectivity index (χ2v) is 4.31. The predicted octanol–water partition coefficient (Wildman–Crippen LogP) is 2.35. The van der Waals surface area contributed by atoms with Gasteiger partial charge in [0.05, 0.1) is 4.92 Å². The number of benzene rings is 1. The molecule has 0 unspecified atom stereocenters. The van der Waals surface area contributed by atoms with Gasteiger partial charge in [0.15, 0.2) is 0 Å². The van der Waals surface area contributed by atoms with Crippen molar-refractivity contribution in [1.29, 1.82) is 0 Å². The maximum absolute atomic E-state index is 12.8. The minimum Gasteiger partial charge on any atom is -0.378 e. The molecule has 0 radical (unpaired) electrons. The standard InChI is InChI=1S/C13H13FN4O2/c1-17(8-9-2-4-10(14)5-3-9)12-7-6-11(18(19)20)13(15)16-12/h2-7H,8H2,1H3,(H2,15,16). The van der Waals surface area contributed by atoms with Crippen LogP contribution in [0.3, 0.4) is 0 Å². The van der Waals surface area contributed by atoms with Gasteiger partial charge < -0.3 is 10.6 Å². The van der Waals surface area contributed by atoms with Crippen molar-refractivity contribution in [2.45, 2.75) is 6.54 Å². The van der Waals surface area contributed by atoms with Gasteiger partial charge in [-0.15, -0.1) is 0 Å². The number of anilines is 2. The Morgan fingerprint density at radius 3 is 2.50 bits per heavy atom. The average Bonchev–Trinajstić information content (AvgIpc) is 2.40. The lowest BCUT2D eigenvalue weighted by atomic mass is 10.2. The lowest BCUT2D eigenvalue weighted by Gasteiger charge is -2.18. The zero-order valence-electron chi connectivity index (χ0n) is 10.8. The fraction of sp³-hybridized carbons (Fsp3) is 0.154. The van der Waals surface area contributed by atoms with Crippen molar-refractivity contribution in [3.8, 4) is 0 Å². The number of aromatic nitrogens is 1. The first-order valence-corrected chi connectivity index (χ1v) is 5.84. The number of nitrogen functional groups attached to an aromatic ring is 1. The van der Waals surface area contributed by atoms with E-state index in [1.54, 1.807) is 24.1 Å². The molecule has 2 rings (SSSR count). The topological polar surface area (TPSA) is 85.3 Å². The fourth-order valence-corrected chi connectivity index (χ4v) is 1.77. The van der Waals surface area contributed by atoms with E-state index in [-0.39, 0.29) is 17.3 Å². The summed E-state index contributed by atoms with van der Waals surface area (Å²) in [5.74, 6) is 0.0880. The van der Waals surface area contributed by atoms with Crippen molar-refractivity contribution in [2.24, 2.45) is 0 Å². The molecule has 0 saturated carbocycles. The highest BCUT2D eigenvalue weighted by Crippen LogP contribution is 2.23. The summed E-state index contributed by atoms with van der Waals surface area (Å²) in [7, 11) is 1.77. The molecule has 0 spiro atoms. The Labute approximate surface area is 114 Å². The van der Waals surface area contributed by atoms with Crippen LogP contribution in [0.2, 0.25) is 0 Å². The lowest BCUT2D eigenvalue weighted by Crippen LogP contribution is -2.18. The number of hydrogen-bond acceptors (Lipinski definition) is 5. The van der Waals surface area contributed by atoms with Crippen molar-refractivity contribution in [2.75, 3.05) is 17.7 Å². The third kappa shape index (κ3) is 3.00. The van der Waals surface area contributed by atoms with Crippen LogP contribution in [0.4, 0.5) is 21.7 Å². The third-order valence-corrected chi connectivity index (χ3v) is 2.81. The molecular formula is C13H13FN4O2. The molecule has 6 nitrogen and oxygen atoms in total. The summed E-state index contributed by atoms with van der Waals surface area (Å²) < 4.78 is 12.8. The van der Waals surface area contributed by atoms with Crippen LogP contribution in [-0.4, -0.2) is 17.0 Å². The van der Waals surface area contributed by atoms with Crippen LogP contribution in [-0.2, 0) is 6.54 Å². The van der Waals surface area contributed by atoms with Crippen molar-refractivity contribution in [1.82, 2.24) is 4.98 Å². The molecule has 104 valence electrons. The normalized spacial score (nSPS) is 10.3.